The van der Waals surface area contributed by atoms with Crippen molar-refractivity contribution in [1.82, 2.24) is 15.3 Å². The van der Waals surface area contributed by atoms with Crippen LogP contribution in [-0.4, -0.2) is 33.6 Å². The predicted molar refractivity (Wildman–Crippen MR) is 80.2 cm³/mol. The van der Waals surface area contributed by atoms with Crippen LogP contribution in [0, 0.1) is 5.92 Å². The number of benzene rings is 1. The predicted octanol–water partition coefficient (Wildman–Crippen LogP) is 1.06. The van der Waals surface area contributed by atoms with E-state index in [0.29, 0.717) is 17.3 Å². The molecule has 6 heteroatoms. The first-order chi connectivity index (χ1) is 10.0. The minimum atomic E-state index is -0.440. The standard InChI is InChI=1S/C15H19N3O3/c1-9(2)11(7-8-19)17-15(21)13-16-12-6-4-3-5-10(12)14(20)18-13/h3-6,9,11,19H,7-8H2,1-2H3,(H,17,21)(H,16,18,20). The van der Waals surface area contributed by atoms with Crippen molar-refractivity contribution in [3.8, 4) is 0 Å². The van der Waals surface area contributed by atoms with Crippen molar-refractivity contribution in [2.75, 3.05) is 6.61 Å². The molecule has 3 N–H and O–H groups in total. The summed E-state index contributed by atoms with van der Waals surface area (Å²) in [7, 11) is 0. The number of aliphatic hydroxyl groups is 1. The van der Waals surface area contributed by atoms with E-state index in [0.717, 1.165) is 0 Å². The van der Waals surface area contributed by atoms with Gasteiger partial charge in [0.2, 0.25) is 0 Å². The molecule has 1 heterocycles. The van der Waals surface area contributed by atoms with Crippen LogP contribution in [0.2, 0.25) is 0 Å². The Balaban J connectivity index is 2.29. The van der Waals surface area contributed by atoms with Crippen molar-refractivity contribution in [3.63, 3.8) is 0 Å². The van der Waals surface area contributed by atoms with E-state index in [4.69, 9.17) is 5.11 Å². The van der Waals surface area contributed by atoms with Crippen LogP contribution < -0.4 is 10.9 Å². The Morgan fingerprint density at radius 3 is 2.76 bits per heavy atom. The molecule has 1 amide bonds. The van der Waals surface area contributed by atoms with Crippen LogP contribution in [0.25, 0.3) is 10.9 Å². The Kier molecular flexibility index (Phi) is 4.70. The van der Waals surface area contributed by atoms with E-state index < -0.39 is 5.91 Å². The molecule has 2 aromatic rings. The fraction of sp³-hybridized carbons (Fsp3) is 0.400. The van der Waals surface area contributed by atoms with Gasteiger partial charge in [0.05, 0.1) is 10.9 Å². The Labute approximate surface area is 122 Å². The number of hydrogen-bond acceptors (Lipinski definition) is 4. The topological polar surface area (TPSA) is 95.1 Å². The third-order valence-electron chi connectivity index (χ3n) is 3.39. The van der Waals surface area contributed by atoms with Crippen molar-refractivity contribution < 1.29 is 9.90 Å². The molecule has 0 aliphatic rings. The zero-order valence-electron chi connectivity index (χ0n) is 12.1. The number of aliphatic hydroxyl groups excluding tert-OH is 1. The number of carbonyl (C=O) groups excluding carboxylic acids is 1. The quantitative estimate of drug-likeness (QED) is 0.767. The lowest BCUT2D eigenvalue weighted by Gasteiger charge is -2.21. The van der Waals surface area contributed by atoms with Crippen molar-refractivity contribution in [2.45, 2.75) is 26.3 Å². The first-order valence-electron chi connectivity index (χ1n) is 6.93. The molecule has 0 bridgehead atoms. The van der Waals surface area contributed by atoms with Gasteiger partial charge < -0.3 is 15.4 Å². The summed E-state index contributed by atoms with van der Waals surface area (Å²) in [5.41, 5.74) is 0.142. The highest BCUT2D eigenvalue weighted by Gasteiger charge is 2.18. The van der Waals surface area contributed by atoms with Crippen molar-refractivity contribution in [1.29, 1.82) is 0 Å². The molecular weight excluding hydrogens is 270 g/mol. The third-order valence-corrected chi connectivity index (χ3v) is 3.39. The number of rotatable bonds is 5. The number of aromatic amines is 1. The largest absolute Gasteiger partial charge is 0.396 e. The molecule has 21 heavy (non-hydrogen) atoms. The summed E-state index contributed by atoms with van der Waals surface area (Å²) in [6.07, 6.45) is 0.460. The summed E-state index contributed by atoms with van der Waals surface area (Å²) in [4.78, 5) is 30.8. The van der Waals surface area contributed by atoms with Crippen LogP contribution in [0.15, 0.2) is 29.1 Å². The van der Waals surface area contributed by atoms with Crippen LogP contribution in [0.1, 0.15) is 30.9 Å². The van der Waals surface area contributed by atoms with Crippen LogP contribution in [0.5, 0.6) is 0 Å². The van der Waals surface area contributed by atoms with Gasteiger partial charge in [-0.3, -0.25) is 9.59 Å². The zero-order chi connectivity index (χ0) is 15.4. The number of para-hydroxylation sites is 1. The van der Waals surface area contributed by atoms with E-state index in [2.05, 4.69) is 15.3 Å². The number of carbonyl (C=O) groups is 1. The lowest BCUT2D eigenvalue weighted by molar-refractivity contribution is 0.0906. The van der Waals surface area contributed by atoms with Crippen molar-refractivity contribution in [3.05, 3.63) is 40.4 Å². The average Bonchev–Trinajstić information content (AvgIpc) is 2.46. The van der Waals surface area contributed by atoms with Gasteiger partial charge >= 0.3 is 0 Å². The molecule has 0 spiro atoms. The number of nitrogens with one attached hydrogen (secondary N) is 2. The van der Waals surface area contributed by atoms with E-state index in [9.17, 15) is 9.59 Å². The fourth-order valence-corrected chi connectivity index (χ4v) is 2.14. The van der Waals surface area contributed by atoms with Gasteiger partial charge in [0.25, 0.3) is 11.5 Å². The van der Waals surface area contributed by atoms with E-state index in [1.807, 2.05) is 13.8 Å². The molecule has 6 nitrogen and oxygen atoms in total. The molecule has 0 saturated heterocycles. The van der Waals surface area contributed by atoms with Crippen LogP contribution >= 0.6 is 0 Å². The molecular formula is C15H19N3O3. The average molecular weight is 289 g/mol. The maximum absolute atomic E-state index is 12.2. The number of fused-ring (bicyclic) bond motifs is 1. The van der Waals surface area contributed by atoms with E-state index in [1.54, 1.807) is 24.3 Å². The zero-order valence-corrected chi connectivity index (χ0v) is 12.1. The molecule has 1 aromatic heterocycles. The van der Waals surface area contributed by atoms with Gasteiger partial charge in [-0.1, -0.05) is 26.0 Å². The summed E-state index contributed by atoms with van der Waals surface area (Å²) in [6, 6.07) is 6.69. The van der Waals surface area contributed by atoms with Gasteiger partial charge in [0.1, 0.15) is 0 Å². The Bertz CT molecular complexity index is 694. The van der Waals surface area contributed by atoms with Gasteiger partial charge in [-0.15, -0.1) is 0 Å². The van der Waals surface area contributed by atoms with Crippen LogP contribution in [-0.2, 0) is 0 Å². The molecule has 2 rings (SSSR count). The number of amides is 1. The first kappa shape index (κ1) is 15.2. The summed E-state index contributed by atoms with van der Waals surface area (Å²) < 4.78 is 0. The molecule has 0 aliphatic carbocycles. The first-order valence-corrected chi connectivity index (χ1v) is 6.93. The molecule has 1 unspecified atom stereocenters. The Morgan fingerprint density at radius 1 is 1.38 bits per heavy atom. The van der Waals surface area contributed by atoms with Gasteiger partial charge in [-0.2, -0.15) is 0 Å². The van der Waals surface area contributed by atoms with Gasteiger partial charge in [-0.25, -0.2) is 4.98 Å². The maximum Gasteiger partial charge on any atom is 0.287 e. The molecule has 0 saturated carbocycles. The molecule has 1 aromatic carbocycles. The highest BCUT2D eigenvalue weighted by atomic mass is 16.3. The third kappa shape index (κ3) is 3.46. The van der Waals surface area contributed by atoms with Crippen LogP contribution in [0.4, 0.5) is 0 Å². The lowest BCUT2D eigenvalue weighted by Crippen LogP contribution is -2.40. The van der Waals surface area contributed by atoms with Crippen molar-refractivity contribution >= 4 is 16.8 Å². The number of aromatic nitrogens is 2. The molecule has 0 aliphatic heterocycles. The minimum absolute atomic E-state index is 0.00913. The minimum Gasteiger partial charge on any atom is -0.396 e. The second kappa shape index (κ2) is 6.49. The second-order valence-corrected chi connectivity index (χ2v) is 5.27. The van der Waals surface area contributed by atoms with Gasteiger partial charge in [0, 0.05) is 12.6 Å². The second-order valence-electron chi connectivity index (χ2n) is 5.27. The maximum atomic E-state index is 12.2. The Hall–Kier alpha value is -2.21. The molecule has 0 radical (unpaired) electrons. The molecule has 0 fully saturated rings. The summed E-state index contributed by atoms with van der Waals surface area (Å²) >= 11 is 0. The highest BCUT2D eigenvalue weighted by molar-refractivity contribution is 5.92. The summed E-state index contributed by atoms with van der Waals surface area (Å²) in [6.45, 7) is 3.90. The smallest absolute Gasteiger partial charge is 0.287 e. The highest BCUT2D eigenvalue weighted by Crippen LogP contribution is 2.08. The molecule has 112 valence electrons. The van der Waals surface area contributed by atoms with Gasteiger partial charge in [-0.05, 0) is 24.5 Å². The SMILES string of the molecule is CC(C)C(CCO)NC(=O)c1nc2ccccc2c(=O)[nH]1. The Morgan fingerprint density at radius 2 is 2.10 bits per heavy atom. The van der Waals surface area contributed by atoms with E-state index in [-0.39, 0.29) is 30.0 Å². The molecule has 1 atom stereocenters. The van der Waals surface area contributed by atoms with Crippen LogP contribution in [0.3, 0.4) is 0 Å². The lowest BCUT2D eigenvalue weighted by atomic mass is 10.0. The van der Waals surface area contributed by atoms with E-state index in [1.165, 1.54) is 0 Å². The van der Waals surface area contributed by atoms with E-state index >= 15 is 0 Å². The van der Waals surface area contributed by atoms with Gasteiger partial charge in [0.15, 0.2) is 5.82 Å². The van der Waals surface area contributed by atoms with Crippen molar-refractivity contribution in [2.24, 2.45) is 5.92 Å². The summed E-state index contributed by atoms with van der Waals surface area (Å²) in [5.74, 6) is -0.277. The number of hydrogen-bond donors (Lipinski definition) is 3. The number of H-pyrrole nitrogens is 1. The monoisotopic (exact) mass is 289 g/mol. The summed E-state index contributed by atoms with van der Waals surface area (Å²) in [5, 5.41) is 12.3. The normalized spacial score (nSPS) is 12.6. The fourth-order valence-electron chi connectivity index (χ4n) is 2.14. The number of nitrogens with zero attached hydrogens (tertiary/aromatic N) is 1.